The molecule has 0 saturated carbocycles. The Kier molecular flexibility index (Phi) is 5.40. The lowest BCUT2D eigenvalue weighted by molar-refractivity contribution is -0.127. The van der Waals surface area contributed by atoms with Crippen molar-refractivity contribution in [2.75, 3.05) is 32.7 Å². The van der Waals surface area contributed by atoms with Crippen molar-refractivity contribution in [1.82, 2.24) is 15.5 Å². The fourth-order valence-electron chi connectivity index (χ4n) is 2.04. The first kappa shape index (κ1) is 14.5. The molecule has 0 radical (unpaired) electrons. The SMILES string of the molecule is CCNC(=O)C1CNCCN1CCC(C)(C)C. The van der Waals surface area contributed by atoms with E-state index in [2.05, 4.69) is 36.3 Å². The Bertz CT molecular complexity index is 248. The number of hydrogen-bond acceptors (Lipinski definition) is 3. The van der Waals surface area contributed by atoms with Gasteiger partial charge >= 0.3 is 0 Å². The lowest BCUT2D eigenvalue weighted by Crippen LogP contribution is -2.58. The molecule has 0 aliphatic carbocycles. The fraction of sp³-hybridized carbons (Fsp3) is 0.923. The third kappa shape index (κ3) is 5.04. The second kappa shape index (κ2) is 6.36. The summed E-state index contributed by atoms with van der Waals surface area (Å²) in [5.74, 6) is 0.161. The van der Waals surface area contributed by atoms with E-state index in [0.29, 0.717) is 12.0 Å². The summed E-state index contributed by atoms with van der Waals surface area (Å²) in [6.45, 7) is 13.2. The van der Waals surface area contributed by atoms with Gasteiger partial charge in [0.25, 0.3) is 0 Å². The lowest BCUT2D eigenvalue weighted by Gasteiger charge is -2.36. The van der Waals surface area contributed by atoms with Crippen molar-refractivity contribution in [2.24, 2.45) is 5.41 Å². The van der Waals surface area contributed by atoms with Crippen molar-refractivity contribution in [3.8, 4) is 0 Å². The van der Waals surface area contributed by atoms with Crippen LogP contribution in [0.25, 0.3) is 0 Å². The first-order chi connectivity index (χ1) is 7.94. The number of carbonyl (C=O) groups is 1. The molecule has 17 heavy (non-hydrogen) atoms. The zero-order valence-corrected chi connectivity index (χ0v) is 11.7. The van der Waals surface area contributed by atoms with Crippen molar-refractivity contribution in [3.05, 3.63) is 0 Å². The Hall–Kier alpha value is -0.610. The van der Waals surface area contributed by atoms with Crippen molar-refractivity contribution in [2.45, 2.75) is 40.2 Å². The molecule has 2 N–H and O–H groups in total. The first-order valence-electron chi connectivity index (χ1n) is 6.66. The highest BCUT2D eigenvalue weighted by Crippen LogP contribution is 2.19. The summed E-state index contributed by atoms with van der Waals surface area (Å²) in [7, 11) is 0. The molecule has 0 spiro atoms. The van der Waals surface area contributed by atoms with Gasteiger partial charge in [0, 0.05) is 26.2 Å². The summed E-state index contributed by atoms with van der Waals surface area (Å²) in [5, 5.41) is 6.22. The second-order valence-corrected chi connectivity index (χ2v) is 5.96. The highest BCUT2D eigenvalue weighted by Gasteiger charge is 2.28. The minimum atomic E-state index is 0.00560. The van der Waals surface area contributed by atoms with Crippen molar-refractivity contribution >= 4 is 5.91 Å². The molecule has 1 heterocycles. The van der Waals surface area contributed by atoms with Crippen LogP contribution in [0, 0.1) is 5.41 Å². The van der Waals surface area contributed by atoms with Crippen LogP contribution in [0.1, 0.15) is 34.1 Å². The number of rotatable bonds is 4. The van der Waals surface area contributed by atoms with E-state index in [1.807, 2.05) is 6.92 Å². The van der Waals surface area contributed by atoms with Crippen molar-refractivity contribution < 1.29 is 4.79 Å². The summed E-state index contributed by atoms with van der Waals surface area (Å²) in [6, 6.07) is 0.00560. The fourth-order valence-corrected chi connectivity index (χ4v) is 2.04. The van der Waals surface area contributed by atoms with Crippen LogP contribution in [0.15, 0.2) is 0 Å². The van der Waals surface area contributed by atoms with Gasteiger partial charge in [0.15, 0.2) is 0 Å². The van der Waals surface area contributed by atoms with Crippen LogP contribution < -0.4 is 10.6 Å². The van der Waals surface area contributed by atoms with E-state index in [4.69, 9.17) is 0 Å². The molecule has 1 fully saturated rings. The monoisotopic (exact) mass is 241 g/mol. The van der Waals surface area contributed by atoms with E-state index in [1.165, 1.54) is 0 Å². The number of likely N-dealkylation sites (N-methyl/N-ethyl adjacent to an activating group) is 1. The van der Waals surface area contributed by atoms with Crippen molar-refractivity contribution in [3.63, 3.8) is 0 Å². The second-order valence-electron chi connectivity index (χ2n) is 5.96. The molecule has 1 atom stereocenters. The van der Waals surface area contributed by atoms with E-state index in [-0.39, 0.29) is 11.9 Å². The molecule has 1 amide bonds. The van der Waals surface area contributed by atoms with Crippen LogP contribution in [-0.2, 0) is 4.79 Å². The third-order valence-electron chi connectivity index (χ3n) is 3.16. The van der Waals surface area contributed by atoms with Crippen LogP contribution in [-0.4, -0.2) is 49.6 Å². The van der Waals surface area contributed by atoms with Gasteiger partial charge in [-0.3, -0.25) is 9.69 Å². The van der Waals surface area contributed by atoms with Gasteiger partial charge in [0.2, 0.25) is 5.91 Å². The molecule has 1 unspecified atom stereocenters. The van der Waals surface area contributed by atoms with E-state index in [1.54, 1.807) is 0 Å². The maximum atomic E-state index is 11.9. The number of hydrogen-bond donors (Lipinski definition) is 2. The Labute approximate surface area is 105 Å². The minimum Gasteiger partial charge on any atom is -0.355 e. The molecular weight excluding hydrogens is 214 g/mol. The van der Waals surface area contributed by atoms with Crippen LogP contribution in [0.2, 0.25) is 0 Å². The van der Waals surface area contributed by atoms with Gasteiger partial charge in [-0.25, -0.2) is 0 Å². The summed E-state index contributed by atoms with van der Waals surface area (Å²) in [6.07, 6.45) is 1.13. The topological polar surface area (TPSA) is 44.4 Å². The zero-order chi connectivity index (χ0) is 12.9. The van der Waals surface area contributed by atoms with E-state index in [9.17, 15) is 4.79 Å². The summed E-state index contributed by atoms with van der Waals surface area (Å²) in [5.41, 5.74) is 0.330. The van der Waals surface area contributed by atoms with E-state index in [0.717, 1.165) is 32.6 Å². The van der Waals surface area contributed by atoms with Gasteiger partial charge in [-0.05, 0) is 25.3 Å². The molecule has 0 aromatic heterocycles. The Morgan fingerprint density at radius 2 is 2.18 bits per heavy atom. The number of nitrogens with zero attached hydrogens (tertiary/aromatic N) is 1. The largest absolute Gasteiger partial charge is 0.355 e. The third-order valence-corrected chi connectivity index (χ3v) is 3.16. The highest BCUT2D eigenvalue weighted by atomic mass is 16.2. The van der Waals surface area contributed by atoms with Gasteiger partial charge < -0.3 is 10.6 Å². The zero-order valence-electron chi connectivity index (χ0n) is 11.7. The Balaban J connectivity index is 2.50. The number of amides is 1. The van der Waals surface area contributed by atoms with Crippen LogP contribution in [0.3, 0.4) is 0 Å². The van der Waals surface area contributed by atoms with Gasteiger partial charge in [-0.2, -0.15) is 0 Å². The Morgan fingerprint density at radius 1 is 1.47 bits per heavy atom. The minimum absolute atomic E-state index is 0.00560. The highest BCUT2D eigenvalue weighted by molar-refractivity contribution is 5.82. The average molecular weight is 241 g/mol. The molecule has 1 aliphatic heterocycles. The molecule has 1 aliphatic rings. The molecule has 1 rings (SSSR count). The van der Waals surface area contributed by atoms with Crippen LogP contribution in [0.4, 0.5) is 0 Å². The molecule has 100 valence electrons. The molecule has 4 nitrogen and oxygen atoms in total. The van der Waals surface area contributed by atoms with Crippen molar-refractivity contribution in [1.29, 1.82) is 0 Å². The van der Waals surface area contributed by atoms with Crippen LogP contribution in [0.5, 0.6) is 0 Å². The van der Waals surface area contributed by atoms with E-state index < -0.39 is 0 Å². The van der Waals surface area contributed by atoms with Crippen LogP contribution >= 0.6 is 0 Å². The number of carbonyl (C=O) groups excluding carboxylic acids is 1. The molecule has 0 aromatic rings. The standard InChI is InChI=1S/C13H27N3O/c1-5-15-12(17)11-10-14-7-9-16(11)8-6-13(2,3)4/h11,14H,5-10H2,1-4H3,(H,15,17). The molecule has 0 aromatic carbocycles. The summed E-state index contributed by atoms with van der Waals surface area (Å²) in [4.78, 5) is 14.3. The Morgan fingerprint density at radius 3 is 2.76 bits per heavy atom. The van der Waals surface area contributed by atoms with Gasteiger partial charge in [-0.15, -0.1) is 0 Å². The lowest BCUT2D eigenvalue weighted by atomic mass is 9.91. The number of nitrogens with one attached hydrogen (secondary N) is 2. The first-order valence-corrected chi connectivity index (χ1v) is 6.66. The maximum absolute atomic E-state index is 11.9. The van der Waals surface area contributed by atoms with E-state index >= 15 is 0 Å². The normalized spacial score (nSPS) is 22.5. The molecule has 1 saturated heterocycles. The number of piperazine rings is 1. The maximum Gasteiger partial charge on any atom is 0.238 e. The van der Waals surface area contributed by atoms with Gasteiger partial charge in [0.1, 0.15) is 6.04 Å². The summed E-state index contributed by atoms with van der Waals surface area (Å²) >= 11 is 0. The molecular formula is C13H27N3O. The predicted octanol–water partition coefficient (Wildman–Crippen LogP) is 0.833. The smallest absolute Gasteiger partial charge is 0.238 e. The molecule has 0 bridgehead atoms. The van der Waals surface area contributed by atoms with Gasteiger partial charge in [0.05, 0.1) is 0 Å². The predicted molar refractivity (Wildman–Crippen MR) is 71.0 cm³/mol. The quantitative estimate of drug-likeness (QED) is 0.766. The summed E-state index contributed by atoms with van der Waals surface area (Å²) < 4.78 is 0. The van der Waals surface area contributed by atoms with Gasteiger partial charge in [-0.1, -0.05) is 20.8 Å². The molecule has 4 heteroatoms. The average Bonchev–Trinajstić information content (AvgIpc) is 2.26.